The van der Waals surface area contributed by atoms with Crippen molar-refractivity contribution in [1.82, 2.24) is 9.47 Å². The van der Waals surface area contributed by atoms with Crippen molar-refractivity contribution in [3.63, 3.8) is 0 Å². The molecule has 1 aromatic carbocycles. The molecule has 1 aliphatic heterocycles. The second-order valence-corrected chi connectivity index (χ2v) is 5.94. The van der Waals surface area contributed by atoms with E-state index < -0.39 is 0 Å². The van der Waals surface area contributed by atoms with Crippen molar-refractivity contribution in [2.75, 3.05) is 20.7 Å². The average molecular weight is 300 g/mol. The van der Waals surface area contributed by atoms with E-state index >= 15 is 0 Å². The van der Waals surface area contributed by atoms with Gasteiger partial charge in [0.25, 0.3) is 5.91 Å². The summed E-state index contributed by atoms with van der Waals surface area (Å²) in [6.45, 7) is 4.83. The zero-order valence-corrected chi connectivity index (χ0v) is 13.4. The Morgan fingerprint density at radius 1 is 1.32 bits per heavy atom. The van der Waals surface area contributed by atoms with Crippen LogP contribution in [0.5, 0.6) is 0 Å². The molecule has 116 valence electrons. The summed E-state index contributed by atoms with van der Waals surface area (Å²) < 4.78 is 6.63. The first-order valence-electron chi connectivity index (χ1n) is 7.38. The highest BCUT2D eigenvalue weighted by atomic mass is 16.5. The summed E-state index contributed by atoms with van der Waals surface area (Å²) in [4.78, 5) is 26.1. The number of aryl methyl sites for hydroxylation is 2. The highest BCUT2D eigenvalue weighted by molar-refractivity contribution is 6.04. The monoisotopic (exact) mass is 300 g/mol. The molecule has 0 aliphatic carbocycles. The molecule has 0 saturated carbocycles. The molecule has 0 unspecified atom stereocenters. The fourth-order valence-electron chi connectivity index (χ4n) is 3.36. The Kier molecular flexibility index (Phi) is 3.43. The summed E-state index contributed by atoms with van der Waals surface area (Å²) in [5.74, 6) is -0.376. The molecular formula is C17H20N2O3. The SMILES string of the molecule is COC(=O)Cn1c2c(c3cc(C)cc(C)c31)CCN(C)C2=O. The molecule has 0 radical (unpaired) electrons. The summed E-state index contributed by atoms with van der Waals surface area (Å²) >= 11 is 0. The third-order valence-electron chi connectivity index (χ3n) is 4.36. The van der Waals surface area contributed by atoms with Crippen LogP contribution in [0.15, 0.2) is 12.1 Å². The van der Waals surface area contributed by atoms with Crippen LogP contribution in [0.1, 0.15) is 27.2 Å². The Hall–Kier alpha value is -2.30. The van der Waals surface area contributed by atoms with E-state index in [0.29, 0.717) is 12.2 Å². The molecule has 1 aromatic heterocycles. The van der Waals surface area contributed by atoms with E-state index in [2.05, 4.69) is 12.1 Å². The summed E-state index contributed by atoms with van der Waals surface area (Å²) in [7, 11) is 3.16. The number of esters is 1. The fourth-order valence-corrected chi connectivity index (χ4v) is 3.36. The van der Waals surface area contributed by atoms with Crippen LogP contribution < -0.4 is 0 Å². The second-order valence-electron chi connectivity index (χ2n) is 5.94. The highest BCUT2D eigenvalue weighted by Gasteiger charge is 2.30. The van der Waals surface area contributed by atoms with Gasteiger partial charge in [0, 0.05) is 19.0 Å². The molecule has 1 aliphatic rings. The van der Waals surface area contributed by atoms with Gasteiger partial charge in [-0.3, -0.25) is 9.59 Å². The van der Waals surface area contributed by atoms with E-state index in [1.165, 1.54) is 7.11 Å². The van der Waals surface area contributed by atoms with Crippen LogP contribution in [0.25, 0.3) is 10.9 Å². The van der Waals surface area contributed by atoms with Gasteiger partial charge in [-0.15, -0.1) is 0 Å². The van der Waals surface area contributed by atoms with Crippen LogP contribution in [-0.4, -0.2) is 42.0 Å². The van der Waals surface area contributed by atoms with Crippen molar-refractivity contribution in [3.05, 3.63) is 34.5 Å². The molecule has 0 fully saturated rings. The van der Waals surface area contributed by atoms with E-state index in [-0.39, 0.29) is 18.4 Å². The molecule has 2 heterocycles. The average Bonchev–Trinajstić information content (AvgIpc) is 2.77. The number of methoxy groups -OCH3 is 1. The second kappa shape index (κ2) is 5.16. The topological polar surface area (TPSA) is 51.5 Å². The predicted octanol–water partition coefficient (Wildman–Crippen LogP) is 2.06. The maximum atomic E-state index is 12.6. The first-order chi connectivity index (χ1) is 10.4. The maximum Gasteiger partial charge on any atom is 0.325 e. The molecule has 3 rings (SSSR count). The van der Waals surface area contributed by atoms with E-state index in [1.54, 1.807) is 11.9 Å². The van der Waals surface area contributed by atoms with Crippen molar-refractivity contribution >= 4 is 22.8 Å². The zero-order valence-electron chi connectivity index (χ0n) is 13.4. The Balaban J connectivity index is 2.35. The Morgan fingerprint density at radius 3 is 2.73 bits per heavy atom. The number of carbonyl (C=O) groups excluding carboxylic acids is 2. The van der Waals surface area contributed by atoms with Gasteiger partial charge in [0.2, 0.25) is 0 Å². The van der Waals surface area contributed by atoms with Crippen molar-refractivity contribution in [1.29, 1.82) is 0 Å². The molecule has 22 heavy (non-hydrogen) atoms. The molecule has 0 spiro atoms. The quantitative estimate of drug-likeness (QED) is 0.798. The van der Waals surface area contributed by atoms with E-state index in [4.69, 9.17) is 4.74 Å². The van der Waals surface area contributed by atoms with E-state index in [1.807, 2.05) is 18.4 Å². The number of aromatic nitrogens is 1. The first-order valence-corrected chi connectivity index (χ1v) is 7.38. The largest absolute Gasteiger partial charge is 0.468 e. The molecule has 2 aromatic rings. The number of carbonyl (C=O) groups is 2. The van der Waals surface area contributed by atoms with Gasteiger partial charge >= 0.3 is 5.97 Å². The fraction of sp³-hybridized carbons (Fsp3) is 0.412. The summed E-state index contributed by atoms with van der Waals surface area (Å²) in [6, 6.07) is 4.18. The molecule has 0 saturated heterocycles. The predicted molar refractivity (Wildman–Crippen MR) is 84.1 cm³/mol. The summed E-state index contributed by atoms with van der Waals surface area (Å²) in [6.07, 6.45) is 0.811. The lowest BCUT2D eigenvalue weighted by Gasteiger charge is -2.24. The summed E-state index contributed by atoms with van der Waals surface area (Å²) in [5, 5.41) is 1.08. The van der Waals surface area contributed by atoms with Gasteiger partial charge in [-0.25, -0.2) is 0 Å². The van der Waals surface area contributed by atoms with Crippen molar-refractivity contribution in [2.24, 2.45) is 0 Å². The number of nitrogens with zero attached hydrogens (tertiary/aromatic N) is 2. The minimum Gasteiger partial charge on any atom is -0.468 e. The van der Waals surface area contributed by atoms with Gasteiger partial charge in [-0.2, -0.15) is 0 Å². The van der Waals surface area contributed by atoms with Gasteiger partial charge in [-0.1, -0.05) is 11.6 Å². The Morgan fingerprint density at radius 2 is 2.05 bits per heavy atom. The van der Waals surface area contributed by atoms with Crippen LogP contribution in [0.3, 0.4) is 0 Å². The maximum absolute atomic E-state index is 12.6. The van der Waals surface area contributed by atoms with Gasteiger partial charge < -0.3 is 14.2 Å². The highest BCUT2D eigenvalue weighted by Crippen LogP contribution is 2.33. The van der Waals surface area contributed by atoms with E-state index in [9.17, 15) is 9.59 Å². The van der Waals surface area contributed by atoms with Crippen LogP contribution in [0.4, 0.5) is 0 Å². The van der Waals surface area contributed by atoms with Crippen LogP contribution >= 0.6 is 0 Å². The minimum atomic E-state index is -0.347. The molecule has 0 atom stereocenters. The van der Waals surface area contributed by atoms with Crippen LogP contribution in [0, 0.1) is 13.8 Å². The summed E-state index contributed by atoms with van der Waals surface area (Å²) in [5.41, 5.74) is 4.87. The first kappa shape index (κ1) is 14.6. The van der Waals surface area contributed by atoms with Crippen LogP contribution in [0.2, 0.25) is 0 Å². The molecular weight excluding hydrogens is 280 g/mol. The zero-order chi connectivity index (χ0) is 16.0. The lowest BCUT2D eigenvalue weighted by molar-refractivity contribution is -0.141. The van der Waals surface area contributed by atoms with Gasteiger partial charge in [0.1, 0.15) is 12.2 Å². The number of hydrogen-bond acceptors (Lipinski definition) is 3. The number of fused-ring (bicyclic) bond motifs is 3. The molecule has 5 nitrogen and oxygen atoms in total. The Labute approximate surface area is 129 Å². The number of rotatable bonds is 2. The number of likely N-dealkylation sites (N-methyl/N-ethyl adjacent to an activating group) is 1. The van der Waals surface area contributed by atoms with Crippen LogP contribution in [-0.2, 0) is 22.5 Å². The van der Waals surface area contributed by atoms with Crippen molar-refractivity contribution in [2.45, 2.75) is 26.8 Å². The number of amides is 1. The number of hydrogen-bond donors (Lipinski definition) is 0. The van der Waals surface area contributed by atoms with Crippen molar-refractivity contribution < 1.29 is 14.3 Å². The van der Waals surface area contributed by atoms with E-state index in [0.717, 1.165) is 34.0 Å². The molecule has 5 heteroatoms. The number of ether oxygens (including phenoxy) is 1. The molecule has 0 bridgehead atoms. The third kappa shape index (κ3) is 2.08. The van der Waals surface area contributed by atoms with Crippen molar-refractivity contribution in [3.8, 4) is 0 Å². The normalized spacial score (nSPS) is 14.4. The molecule has 0 N–H and O–H groups in total. The lowest BCUT2D eigenvalue weighted by Crippen LogP contribution is -2.36. The van der Waals surface area contributed by atoms with Gasteiger partial charge in [-0.05, 0) is 37.5 Å². The number of benzene rings is 1. The van der Waals surface area contributed by atoms with Gasteiger partial charge in [0.15, 0.2) is 0 Å². The minimum absolute atomic E-state index is 0.0293. The standard InChI is InChI=1S/C17H20N2O3/c1-10-7-11(2)15-13(8-10)12-5-6-18(3)17(21)16(12)19(15)9-14(20)22-4/h7-8H,5-6,9H2,1-4H3. The molecule has 1 amide bonds. The van der Waals surface area contributed by atoms with Gasteiger partial charge in [0.05, 0.1) is 12.6 Å². The lowest BCUT2D eigenvalue weighted by atomic mass is 10.0. The smallest absolute Gasteiger partial charge is 0.325 e. The third-order valence-corrected chi connectivity index (χ3v) is 4.36. The Bertz CT molecular complexity index is 789.